The number of aliphatic hydroxyl groups is 1. The molecule has 0 saturated carbocycles. The molecule has 7 nitrogen and oxygen atoms in total. The van der Waals surface area contributed by atoms with Crippen molar-refractivity contribution in [2.45, 2.75) is 45.8 Å². The van der Waals surface area contributed by atoms with Crippen molar-refractivity contribution in [2.75, 3.05) is 6.61 Å². The fraction of sp³-hybridized carbons (Fsp3) is 0.500. The van der Waals surface area contributed by atoms with Crippen LogP contribution in [0.5, 0.6) is 0 Å². The fourth-order valence-electron chi connectivity index (χ4n) is 2.29. The van der Waals surface area contributed by atoms with Crippen LogP contribution in [-0.2, 0) is 16.1 Å². The van der Waals surface area contributed by atoms with E-state index in [-0.39, 0.29) is 11.8 Å². The molecule has 1 aromatic carbocycles. The van der Waals surface area contributed by atoms with E-state index in [1.807, 2.05) is 19.9 Å². The number of carbonyl (C=O) groups is 3. The van der Waals surface area contributed by atoms with E-state index >= 15 is 0 Å². The van der Waals surface area contributed by atoms with Gasteiger partial charge in [-0.25, -0.2) is 0 Å². The summed E-state index contributed by atoms with van der Waals surface area (Å²) in [5, 5.41) is 14.1. The second-order valence-corrected chi connectivity index (χ2v) is 6.10. The summed E-state index contributed by atoms with van der Waals surface area (Å²) >= 11 is 0. The highest BCUT2D eigenvalue weighted by molar-refractivity contribution is 5.98. The maximum absolute atomic E-state index is 12.5. The van der Waals surface area contributed by atoms with Crippen LogP contribution >= 0.6 is 0 Å². The number of benzene rings is 1. The summed E-state index contributed by atoms with van der Waals surface area (Å²) in [5.74, 6) is -1.44. The zero-order chi connectivity index (χ0) is 19.0. The van der Waals surface area contributed by atoms with Crippen molar-refractivity contribution in [3.05, 3.63) is 35.4 Å². The number of ketones is 1. The monoisotopic (exact) mass is 349 g/mol. The normalized spacial score (nSPS) is 14.3. The number of hydrogen-bond acceptors (Lipinski definition) is 5. The zero-order valence-corrected chi connectivity index (χ0v) is 14.9. The van der Waals surface area contributed by atoms with E-state index in [1.165, 1.54) is 6.92 Å². The molecule has 0 saturated heterocycles. The molecule has 0 heterocycles. The van der Waals surface area contributed by atoms with Gasteiger partial charge in [0, 0.05) is 12.1 Å². The number of carbonyl (C=O) groups excluding carboxylic acids is 3. The molecule has 0 bridgehead atoms. The Morgan fingerprint density at radius 3 is 2.44 bits per heavy atom. The van der Waals surface area contributed by atoms with Gasteiger partial charge >= 0.3 is 0 Å². The van der Waals surface area contributed by atoms with Gasteiger partial charge in [0.25, 0.3) is 5.91 Å². The van der Waals surface area contributed by atoms with Crippen molar-refractivity contribution in [3.63, 3.8) is 0 Å². The quantitative estimate of drug-likeness (QED) is 0.513. The summed E-state index contributed by atoms with van der Waals surface area (Å²) in [5.41, 5.74) is 6.83. The predicted octanol–water partition coefficient (Wildman–Crippen LogP) is 0.356. The molecule has 0 aliphatic rings. The van der Waals surface area contributed by atoms with Crippen LogP contribution in [0.1, 0.15) is 43.1 Å². The summed E-state index contributed by atoms with van der Waals surface area (Å²) in [6.07, 6.45) is 0.670. The minimum atomic E-state index is -0.818. The minimum absolute atomic E-state index is 0.127. The highest BCUT2D eigenvalue weighted by Crippen LogP contribution is 2.11. The van der Waals surface area contributed by atoms with E-state index in [9.17, 15) is 14.4 Å². The van der Waals surface area contributed by atoms with Gasteiger partial charge < -0.3 is 21.5 Å². The average molecular weight is 349 g/mol. The lowest BCUT2D eigenvalue weighted by Crippen LogP contribution is -2.53. The van der Waals surface area contributed by atoms with Gasteiger partial charge in [0.05, 0.1) is 6.04 Å². The number of Topliss-reactive ketones (excluding diaryl/α,β-unsaturated/α-hetero) is 1. The van der Waals surface area contributed by atoms with Gasteiger partial charge in [-0.2, -0.15) is 0 Å². The van der Waals surface area contributed by atoms with Gasteiger partial charge in [0.15, 0.2) is 5.78 Å². The van der Waals surface area contributed by atoms with Crippen LogP contribution in [0.4, 0.5) is 0 Å². The molecule has 1 rings (SSSR count). The molecule has 3 atom stereocenters. The number of aliphatic hydroxyl groups excluding tert-OH is 1. The number of nitrogens with one attached hydrogen (secondary N) is 2. The molecule has 25 heavy (non-hydrogen) atoms. The third-order valence-corrected chi connectivity index (χ3v) is 4.20. The Bertz CT molecular complexity index is 618. The molecule has 0 spiro atoms. The summed E-state index contributed by atoms with van der Waals surface area (Å²) in [4.78, 5) is 36.4. The molecule has 2 amide bonds. The van der Waals surface area contributed by atoms with Crippen LogP contribution in [0.25, 0.3) is 0 Å². The topological polar surface area (TPSA) is 122 Å². The van der Waals surface area contributed by atoms with Gasteiger partial charge in [0.2, 0.25) is 5.91 Å². The number of amides is 2. The Labute approximate surface area is 148 Å². The lowest BCUT2D eigenvalue weighted by molar-refractivity contribution is -0.130. The first-order valence-corrected chi connectivity index (χ1v) is 8.37. The molecule has 5 N–H and O–H groups in total. The van der Waals surface area contributed by atoms with E-state index in [0.717, 1.165) is 5.56 Å². The Kier molecular flexibility index (Phi) is 8.24. The van der Waals surface area contributed by atoms with Crippen molar-refractivity contribution >= 4 is 17.6 Å². The summed E-state index contributed by atoms with van der Waals surface area (Å²) < 4.78 is 0. The van der Waals surface area contributed by atoms with Gasteiger partial charge in [-0.05, 0) is 30.5 Å². The highest BCUT2D eigenvalue weighted by atomic mass is 16.3. The smallest absolute Gasteiger partial charge is 0.251 e. The number of rotatable bonds is 9. The van der Waals surface area contributed by atoms with E-state index < -0.39 is 30.4 Å². The molecule has 0 aliphatic heterocycles. The largest absolute Gasteiger partial charge is 0.389 e. The highest BCUT2D eigenvalue weighted by Gasteiger charge is 2.28. The van der Waals surface area contributed by atoms with Crippen molar-refractivity contribution in [3.8, 4) is 0 Å². The van der Waals surface area contributed by atoms with Gasteiger partial charge in [0.1, 0.15) is 12.6 Å². The van der Waals surface area contributed by atoms with Crippen LogP contribution in [-0.4, -0.2) is 41.4 Å². The van der Waals surface area contributed by atoms with E-state index in [1.54, 1.807) is 18.2 Å². The Hall–Kier alpha value is -2.25. The fourth-order valence-corrected chi connectivity index (χ4v) is 2.29. The molecule has 0 aromatic heterocycles. The van der Waals surface area contributed by atoms with Crippen LogP contribution in [0, 0.1) is 5.92 Å². The molecular formula is C18H27N3O4. The number of hydrogen-bond donors (Lipinski definition) is 4. The molecule has 7 heteroatoms. The summed E-state index contributed by atoms with van der Waals surface area (Å²) in [6.45, 7) is 4.93. The second kappa shape index (κ2) is 9.90. The zero-order valence-electron chi connectivity index (χ0n) is 14.9. The Morgan fingerprint density at radius 2 is 1.88 bits per heavy atom. The standard InChI is InChI=1S/C18H27N3O4/c1-4-11(2)16(18(25)20-12(3)15(23)10-22)21-17(24)14-7-5-6-13(8-14)9-19/h5-8,11-12,16,22H,4,9-10,19H2,1-3H3,(H,20,25)(H,21,24)/t11-,12-,16-/m0/s1. The van der Waals surface area contributed by atoms with Crippen LogP contribution < -0.4 is 16.4 Å². The minimum Gasteiger partial charge on any atom is -0.389 e. The Morgan fingerprint density at radius 1 is 1.20 bits per heavy atom. The first kappa shape index (κ1) is 20.8. The molecule has 0 radical (unpaired) electrons. The first-order valence-electron chi connectivity index (χ1n) is 8.37. The molecule has 0 fully saturated rings. The van der Waals surface area contributed by atoms with Crippen LogP contribution in [0.2, 0.25) is 0 Å². The lowest BCUT2D eigenvalue weighted by Gasteiger charge is -2.25. The SMILES string of the molecule is CC[C@H](C)[C@H](NC(=O)c1cccc(CN)c1)C(=O)N[C@@H](C)C(=O)CO. The maximum Gasteiger partial charge on any atom is 0.251 e. The van der Waals surface area contributed by atoms with Gasteiger partial charge in [-0.1, -0.05) is 32.4 Å². The Balaban J connectivity index is 2.89. The summed E-state index contributed by atoms with van der Waals surface area (Å²) in [7, 11) is 0. The van der Waals surface area contributed by atoms with Gasteiger partial charge in [-0.15, -0.1) is 0 Å². The van der Waals surface area contributed by atoms with Crippen molar-refractivity contribution in [1.82, 2.24) is 10.6 Å². The molecule has 1 aromatic rings. The van der Waals surface area contributed by atoms with Crippen LogP contribution in [0.3, 0.4) is 0 Å². The summed E-state index contributed by atoms with van der Waals surface area (Å²) in [6, 6.07) is 5.28. The van der Waals surface area contributed by atoms with E-state index in [4.69, 9.17) is 10.8 Å². The molecule has 0 aliphatic carbocycles. The molecule has 0 unspecified atom stereocenters. The average Bonchev–Trinajstić information content (AvgIpc) is 2.64. The number of nitrogens with two attached hydrogens (primary N) is 1. The molecule has 138 valence electrons. The third-order valence-electron chi connectivity index (χ3n) is 4.20. The molecular weight excluding hydrogens is 322 g/mol. The first-order chi connectivity index (χ1) is 11.8. The van der Waals surface area contributed by atoms with E-state index in [2.05, 4.69) is 10.6 Å². The third kappa shape index (κ3) is 5.95. The van der Waals surface area contributed by atoms with Crippen molar-refractivity contribution in [1.29, 1.82) is 0 Å². The van der Waals surface area contributed by atoms with Crippen molar-refractivity contribution < 1.29 is 19.5 Å². The van der Waals surface area contributed by atoms with E-state index in [0.29, 0.717) is 18.5 Å². The predicted molar refractivity (Wildman–Crippen MR) is 94.7 cm³/mol. The van der Waals surface area contributed by atoms with Crippen molar-refractivity contribution in [2.24, 2.45) is 11.7 Å². The second-order valence-electron chi connectivity index (χ2n) is 6.10. The van der Waals surface area contributed by atoms with Gasteiger partial charge in [-0.3, -0.25) is 14.4 Å². The maximum atomic E-state index is 12.5. The lowest BCUT2D eigenvalue weighted by atomic mass is 9.97. The van der Waals surface area contributed by atoms with Crippen LogP contribution in [0.15, 0.2) is 24.3 Å².